The SMILES string of the molecule is Cc1cc(C)cc(C(=O)NCCn2cc(SCC(N)=O)c3ccccc32)c1. The molecule has 27 heavy (non-hydrogen) atoms. The van der Waals surface area contributed by atoms with E-state index in [2.05, 4.69) is 9.88 Å². The van der Waals surface area contributed by atoms with Crippen molar-refractivity contribution >= 4 is 34.5 Å². The Hall–Kier alpha value is -2.73. The Morgan fingerprint density at radius 1 is 1.11 bits per heavy atom. The second-order valence-corrected chi connectivity index (χ2v) is 7.61. The molecule has 3 rings (SSSR count). The molecule has 0 aliphatic carbocycles. The Morgan fingerprint density at radius 3 is 2.52 bits per heavy atom. The maximum atomic E-state index is 12.4. The van der Waals surface area contributed by atoms with Crippen LogP contribution in [-0.2, 0) is 11.3 Å². The maximum Gasteiger partial charge on any atom is 0.251 e. The number of primary amides is 1. The van der Waals surface area contributed by atoms with E-state index in [0.717, 1.165) is 26.9 Å². The van der Waals surface area contributed by atoms with Crippen molar-refractivity contribution in [2.75, 3.05) is 12.3 Å². The molecule has 3 N–H and O–H groups in total. The maximum absolute atomic E-state index is 12.4. The Kier molecular flexibility index (Phi) is 5.86. The number of carbonyl (C=O) groups excluding carboxylic acids is 2. The van der Waals surface area contributed by atoms with Gasteiger partial charge in [0.05, 0.1) is 5.75 Å². The van der Waals surface area contributed by atoms with Gasteiger partial charge in [0, 0.05) is 40.6 Å². The fraction of sp³-hybridized carbons (Fsp3) is 0.238. The summed E-state index contributed by atoms with van der Waals surface area (Å²) in [4.78, 5) is 24.5. The number of carbonyl (C=O) groups is 2. The van der Waals surface area contributed by atoms with Crippen LogP contribution >= 0.6 is 11.8 Å². The van der Waals surface area contributed by atoms with Crippen molar-refractivity contribution in [2.45, 2.75) is 25.3 Å². The minimum absolute atomic E-state index is 0.0680. The van der Waals surface area contributed by atoms with Crippen LogP contribution in [0.1, 0.15) is 21.5 Å². The van der Waals surface area contributed by atoms with Gasteiger partial charge in [-0.2, -0.15) is 0 Å². The molecule has 1 heterocycles. The normalized spacial score (nSPS) is 10.9. The standard InChI is InChI=1S/C21H23N3O2S/c1-14-9-15(2)11-16(10-14)21(26)23-7-8-24-12-19(27-13-20(22)25)17-5-3-4-6-18(17)24/h3-6,9-12H,7-8,13H2,1-2H3,(H2,22,25)(H,23,26). The van der Waals surface area contributed by atoms with Crippen LogP contribution in [0, 0.1) is 13.8 Å². The van der Waals surface area contributed by atoms with Crippen LogP contribution in [0.3, 0.4) is 0 Å². The molecule has 0 aliphatic heterocycles. The zero-order chi connectivity index (χ0) is 19.4. The van der Waals surface area contributed by atoms with E-state index in [1.165, 1.54) is 11.8 Å². The smallest absolute Gasteiger partial charge is 0.251 e. The summed E-state index contributed by atoms with van der Waals surface area (Å²) in [6, 6.07) is 13.9. The highest BCUT2D eigenvalue weighted by atomic mass is 32.2. The van der Waals surface area contributed by atoms with Crippen molar-refractivity contribution in [3.63, 3.8) is 0 Å². The second-order valence-electron chi connectivity index (χ2n) is 6.59. The number of aromatic nitrogens is 1. The van der Waals surface area contributed by atoms with Gasteiger partial charge < -0.3 is 15.6 Å². The average Bonchev–Trinajstić information content (AvgIpc) is 2.97. The number of hydrogen-bond acceptors (Lipinski definition) is 3. The third-order valence-corrected chi connectivity index (χ3v) is 5.31. The minimum atomic E-state index is -0.336. The summed E-state index contributed by atoms with van der Waals surface area (Å²) in [6.45, 7) is 5.14. The first-order valence-electron chi connectivity index (χ1n) is 8.79. The minimum Gasteiger partial charge on any atom is -0.369 e. The van der Waals surface area contributed by atoms with Gasteiger partial charge in [-0.3, -0.25) is 9.59 Å². The zero-order valence-electron chi connectivity index (χ0n) is 15.5. The number of nitrogens with one attached hydrogen (secondary N) is 1. The van der Waals surface area contributed by atoms with E-state index in [1.807, 2.05) is 62.5 Å². The lowest BCUT2D eigenvalue weighted by Crippen LogP contribution is -2.27. The summed E-state index contributed by atoms with van der Waals surface area (Å²) in [5.41, 5.74) is 9.18. The molecule has 0 aliphatic rings. The Bertz CT molecular complexity index is 974. The highest BCUT2D eigenvalue weighted by Gasteiger charge is 2.11. The third-order valence-electron chi connectivity index (χ3n) is 4.24. The lowest BCUT2D eigenvalue weighted by Gasteiger charge is -2.09. The second kappa shape index (κ2) is 8.31. The van der Waals surface area contributed by atoms with Crippen molar-refractivity contribution in [1.29, 1.82) is 0 Å². The molecule has 1 aromatic heterocycles. The number of hydrogen-bond donors (Lipinski definition) is 2. The first-order valence-corrected chi connectivity index (χ1v) is 9.78. The zero-order valence-corrected chi connectivity index (χ0v) is 16.3. The number of rotatable bonds is 7. The largest absolute Gasteiger partial charge is 0.369 e. The summed E-state index contributed by atoms with van der Waals surface area (Å²) in [7, 11) is 0. The molecule has 0 atom stereocenters. The van der Waals surface area contributed by atoms with E-state index < -0.39 is 0 Å². The number of thioether (sulfide) groups is 1. The average molecular weight is 382 g/mol. The number of amides is 2. The van der Waals surface area contributed by atoms with E-state index in [1.54, 1.807) is 0 Å². The van der Waals surface area contributed by atoms with Crippen molar-refractivity contribution in [3.05, 3.63) is 65.4 Å². The van der Waals surface area contributed by atoms with Gasteiger partial charge in [-0.05, 0) is 32.0 Å². The molecule has 2 amide bonds. The molecule has 3 aromatic rings. The van der Waals surface area contributed by atoms with Crippen LogP contribution in [0.15, 0.2) is 53.6 Å². The Labute approximate surface area is 162 Å². The number of nitrogens with two attached hydrogens (primary N) is 1. The number of benzene rings is 2. The molecule has 0 unspecified atom stereocenters. The number of fused-ring (bicyclic) bond motifs is 1. The van der Waals surface area contributed by atoms with Crippen LogP contribution < -0.4 is 11.1 Å². The van der Waals surface area contributed by atoms with E-state index >= 15 is 0 Å². The lowest BCUT2D eigenvalue weighted by molar-refractivity contribution is -0.115. The van der Waals surface area contributed by atoms with Gasteiger partial charge in [0.2, 0.25) is 5.91 Å². The van der Waals surface area contributed by atoms with E-state index in [9.17, 15) is 9.59 Å². The van der Waals surface area contributed by atoms with Crippen LogP contribution in [0.5, 0.6) is 0 Å². The molecule has 6 heteroatoms. The van der Waals surface area contributed by atoms with Crippen molar-refractivity contribution in [1.82, 2.24) is 9.88 Å². The number of aryl methyl sites for hydroxylation is 2. The quantitative estimate of drug-likeness (QED) is 0.617. The lowest BCUT2D eigenvalue weighted by atomic mass is 10.1. The summed E-state index contributed by atoms with van der Waals surface area (Å²) < 4.78 is 2.10. The Balaban J connectivity index is 1.69. The highest BCUT2D eigenvalue weighted by Crippen LogP contribution is 2.29. The van der Waals surface area contributed by atoms with E-state index in [0.29, 0.717) is 18.7 Å². The summed E-state index contributed by atoms with van der Waals surface area (Å²) in [5.74, 6) is -0.156. The van der Waals surface area contributed by atoms with Crippen LogP contribution in [0.25, 0.3) is 10.9 Å². The van der Waals surface area contributed by atoms with Gasteiger partial charge in [-0.25, -0.2) is 0 Å². The molecule has 0 saturated carbocycles. The van der Waals surface area contributed by atoms with Gasteiger partial charge >= 0.3 is 0 Å². The van der Waals surface area contributed by atoms with Crippen molar-refractivity contribution in [2.24, 2.45) is 5.73 Å². The molecule has 0 bridgehead atoms. The molecular formula is C21H23N3O2S. The first-order chi connectivity index (χ1) is 12.9. The predicted molar refractivity (Wildman–Crippen MR) is 110 cm³/mol. The monoisotopic (exact) mass is 381 g/mol. The number of nitrogens with zero attached hydrogens (tertiary/aromatic N) is 1. The van der Waals surface area contributed by atoms with Crippen molar-refractivity contribution < 1.29 is 9.59 Å². The first kappa shape index (κ1) is 19.0. The fourth-order valence-electron chi connectivity index (χ4n) is 3.16. The molecule has 0 radical (unpaired) electrons. The van der Waals surface area contributed by atoms with Gasteiger partial charge in [-0.1, -0.05) is 35.4 Å². The van der Waals surface area contributed by atoms with Gasteiger partial charge in [0.25, 0.3) is 5.91 Å². The summed E-state index contributed by atoms with van der Waals surface area (Å²) >= 11 is 1.44. The number of para-hydroxylation sites is 1. The van der Waals surface area contributed by atoms with E-state index in [-0.39, 0.29) is 17.6 Å². The molecule has 5 nitrogen and oxygen atoms in total. The van der Waals surface area contributed by atoms with Crippen LogP contribution in [0.2, 0.25) is 0 Å². The van der Waals surface area contributed by atoms with E-state index in [4.69, 9.17) is 5.73 Å². The topological polar surface area (TPSA) is 77.1 Å². The third kappa shape index (κ3) is 4.71. The fourth-order valence-corrected chi connectivity index (χ4v) is 3.99. The molecule has 0 saturated heterocycles. The van der Waals surface area contributed by atoms with Crippen molar-refractivity contribution in [3.8, 4) is 0 Å². The molecular weight excluding hydrogens is 358 g/mol. The predicted octanol–water partition coefficient (Wildman–Crippen LogP) is 3.27. The summed E-state index contributed by atoms with van der Waals surface area (Å²) in [5, 5.41) is 4.07. The molecule has 2 aromatic carbocycles. The molecule has 0 spiro atoms. The summed E-state index contributed by atoms with van der Waals surface area (Å²) in [6.07, 6.45) is 2.02. The van der Waals surface area contributed by atoms with Crippen LogP contribution in [0.4, 0.5) is 0 Å². The molecule has 140 valence electrons. The Morgan fingerprint density at radius 2 is 1.81 bits per heavy atom. The van der Waals surface area contributed by atoms with Gasteiger partial charge in [0.15, 0.2) is 0 Å². The van der Waals surface area contributed by atoms with Gasteiger partial charge in [-0.15, -0.1) is 11.8 Å². The van der Waals surface area contributed by atoms with Gasteiger partial charge in [0.1, 0.15) is 0 Å². The molecule has 0 fully saturated rings. The highest BCUT2D eigenvalue weighted by molar-refractivity contribution is 8.00. The van der Waals surface area contributed by atoms with Crippen LogP contribution in [-0.4, -0.2) is 28.7 Å².